The standard InChI is InChI=1S/C28H38O6/c1-5-9-21-33-28(34-22-10-6-2,26(30)24-19-15-12-16-20-24)27(31-7-3,32-8-4)25(29)23-17-13-11-14-18-23/h11-20H,5-10,21-22H2,1-4H3. The fourth-order valence-electron chi connectivity index (χ4n) is 3.71. The molecule has 0 aliphatic heterocycles. The zero-order valence-electron chi connectivity index (χ0n) is 20.9. The lowest BCUT2D eigenvalue weighted by atomic mass is 9.88. The smallest absolute Gasteiger partial charge is 0.298 e. The summed E-state index contributed by atoms with van der Waals surface area (Å²) in [4.78, 5) is 28.4. The molecular weight excluding hydrogens is 432 g/mol. The van der Waals surface area contributed by atoms with E-state index in [9.17, 15) is 9.59 Å². The molecule has 0 N–H and O–H groups in total. The van der Waals surface area contributed by atoms with Crippen molar-refractivity contribution in [3.05, 3.63) is 71.8 Å². The molecular formula is C28H38O6. The van der Waals surface area contributed by atoms with Gasteiger partial charge in [0.15, 0.2) is 0 Å². The molecule has 0 amide bonds. The zero-order valence-corrected chi connectivity index (χ0v) is 20.9. The molecule has 2 aromatic rings. The van der Waals surface area contributed by atoms with E-state index in [0.29, 0.717) is 24.0 Å². The molecule has 0 aliphatic carbocycles. The fourth-order valence-corrected chi connectivity index (χ4v) is 3.71. The molecule has 6 heteroatoms. The van der Waals surface area contributed by atoms with Gasteiger partial charge in [0.2, 0.25) is 11.6 Å². The van der Waals surface area contributed by atoms with E-state index >= 15 is 0 Å². The van der Waals surface area contributed by atoms with Crippen LogP contribution in [0.5, 0.6) is 0 Å². The number of rotatable bonds is 17. The second-order valence-corrected chi connectivity index (χ2v) is 7.89. The van der Waals surface area contributed by atoms with Gasteiger partial charge in [-0.1, -0.05) is 87.4 Å². The maximum absolute atomic E-state index is 14.2. The molecule has 0 spiro atoms. The minimum atomic E-state index is -2.13. The van der Waals surface area contributed by atoms with Crippen molar-refractivity contribution in [1.29, 1.82) is 0 Å². The highest BCUT2D eigenvalue weighted by molar-refractivity contribution is 6.10. The van der Waals surface area contributed by atoms with Crippen molar-refractivity contribution >= 4 is 11.6 Å². The number of ether oxygens (including phenoxy) is 4. The highest BCUT2D eigenvalue weighted by atomic mass is 16.8. The first-order valence-corrected chi connectivity index (χ1v) is 12.3. The van der Waals surface area contributed by atoms with Crippen LogP contribution >= 0.6 is 0 Å². The molecule has 0 bridgehead atoms. The average molecular weight is 471 g/mol. The molecule has 2 rings (SSSR count). The Balaban J connectivity index is 2.80. The Morgan fingerprint density at radius 3 is 1.26 bits per heavy atom. The summed E-state index contributed by atoms with van der Waals surface area (Å²) in [6.07, 6.45) is 3.03. The van der Waals surface area contributed by atoms with E-state index in [-0.39, 0.29) is 26.4 Å². The van der Waals surface area contributed by atoms with Crippen LogP contribution in [-0.4, -0.2) is 49.6 Å². The van der Waals surface area contributed by atoms with Gasteiger partial charge in [-0.3, -0.25) is 9.59 Å². The molecule has 186 valence electrons. The van der Waals surface area contributed by atoms with Gasteiger partial charge < -0.3 is 18.9 Å². The normalized spacial score (nSPS) is 12.0. The van der Waals surface area contributed by atoms with Gasteiger partial charge in [0.1, 0.15) is 0 Å². The van der Waals surface area contributed by atoms with E-state index in [0.717, 1.165) is 12.8 Å². The van der Waals surface area contributed by atoms with Crippen LogP contribution in [0.2, 0.25) is 0 Å². The first-order chi connectivity index (χ1) is 16.5. The van der Waals surface area contributed by atoms with Crippen LogP contribution in [0, 0.1) is 0 Å². The van der Waals surface area contributed by atoms with Crippen LogP contribution < -0.4 is 0 Å². The highest BCUT2D eigenvalue weighted by Crippen LogP contribution is 2.39. The zero-order chi connectivity index (χ0) is 24.9. The van der Waals surface area contributed by atoms with Crippen molar-refractivity contribution in [2.75, 3.05) is 26.4 Å². The third-order valence-electron chi connectivity index (χ3n) is 5.40. The van der Waals surface area contributed by atoms with Crippen molar-refractivity contribution in [2.24, 2.45) is 0 Å². The summed E-state index contributed by atoms with van der Waals surface area (Å²) in [5, 5.41) is 0. The average Bonchev–Trinajstić information content (AvgIpc) is 2.88. The van der Waals surface area contributed by atoms with E-state index in [1.54, 1.807) is 62.4 Å². The van der Waals surface area contributed by atoms with Crippen molar-refractivity contribution in [2.45, 2.75) is 65.0 Å². The maximum Gasteiger partial charge on any atom is 0.298 e. The van der Waals surface area contributed by atoms with Gasteiger partial charge in [0.05, 0.1) is 13.2 Å². The Hall–Kier alpha value is -2.38. The summed E-state index contributed by atoms with van der Waals surface area (Å²) in [5.74, 6) is -5.29. The van der Waals surface area contributed by atoms with Gasteiger partial charge in [-0.15, -0.1) is 0 Å². The van der Waals surface area contributed by atoms with Crippen molar-refractivity contribution in [3.63, 3.8) is 0 Å². The summed E-state index contributed by atoms with van der Waals surface area (Å²) in [5.41, 5.74) is 0.688. The van der Waals surface area contributed by atoms with Gasteiger partial charge in [0, 0.05) is 24.3 Å². The summed E-state index contributed by atoms with van der Waals surface area (Å²) in [6, 6.07) is 17.4. The van der Waals surface area contributed by atoms with E-state index in [4.69, 9.17) is 18.9 Å². The van der Waals surface area contributed by atoms with Crippen LogP contribution in [0.3, 0.4) is 0 Å². The molecule has 0 radical (unpaired) electrons. The van der Waals surface area contributed by atoms with Crippen LogP contribution in [0.15, 0.2) is 60.7 Å². The molecule has 0 aliphatic rings. The van der Waals surface area contributed by atoms with Gasteiger partial charge in [0.25, 0.3) is 11.6 Å². The minimum absolute atomic E-state index is 0.108. The second kappa shape index (κ2) is 14.1. The number of ketones is 2. The summed E-state index contributed by atoms with van der Waals surface area (Å²) < 4.78 is 24.8. The molecule has 0 fully saturated rings. The Labute approximate surface area is 203 Å². The van der Waals surface area contributed by atoms with Crippen molar-refractivity contribution < 1.29 is 28.5 Å². The lowest BCUT2D eigenvalue weighted by molar-refractivity contribution is -0.358. The fraction of sp³-hybridized carbons (Fsp3) is 0.500. The number of carbonyl (C=O) groups excluding carboxylic acids is 2. The topological polar surface area (TPSA) is 71.1 Å². The van der Waals surface area contributed by atoms with E-state index < -0.39 is 23.1 Å². The largest absolute Gasteiger partial charge is 0.339 e. The third-order valence-corrected chi connectivity index (χ3v) is 5.40. The molecule has 0 saturated heterocycles. The van der Waals surface area contributed by atoms with Gasteiger partial charge in [-0.25, -0.2) is 0 Å². The first kappa shape index (κ1) is 27.9. The molecule has 0 unspecified atom stereocenters. The number of hydrogen-bond acceptors (Lipinski definition) is 6. The lowest BCUT2D eigenvalue weighted by Gasteiger charge is -2.45. The summed E-state index contributed by atoms with van der Waals surface area (Å²) in [7, 11) is 0. The molecule has 6 nitrogen and oxygen atoms in total. The second-order valence-electron chi connectivity index (χ2n) is 7.89. The van der Waals surface area contributed by atoms with Crippen LogP contribution in [0.4, 0.5) is 0 Å². The Morgan fingerprint density at radius 1 is 0.588 bits per heavy atom. The van der Waals surface area contributed by atoms with Crippen molar-refractivity contribution in [3.8, 4) is 0 Å². The van der Waals surface area contributed by atoms with Crippen LogP contribution in [0.25, 0.3) is 0 Å². The Bertz CT molecular complexity index is 849. The summed E-state index contributed by atoms with van der Waals surface area (Å²) in [6.45, 7) is 8.17. The van der Waals surface area contributed by atoms with Gasteiger partial charge >= 0.3 is 0 Å². The number of hydrogen-bond donors (Lipinski definition) is 0. The Kier molecular flexibility index (Phi) is 11.6. The van der Waals surface area contributed by atoms with Crippen LogP contribution in [-0.2, 0) is 18.9 Å². The number of Topliss-reactive ketones (excluding diaryl/α,β-unsaturated/α-hetero) is 2. The van der Waals surface area contributed by atoms with Crippen molar-refractivity contribution in [1.82, 2.24) is 0 Å². The van der Waals surface area contributed by atoms with Crippen LogP contribution in [0.1, 0.15) is 74.1 Å². The van der Waals surface area contributed by atoms with E-state index in [1.165, 1.54) is 0 Å². The van der Waals surface area contributed by atoms with E-state index in [1.807, 2.05) is 26.0 Å². The van der Waals surface area contributed by atoms with Gasteiger partial charge in [-0.2, -0.15) is 0 Å². The summed E-state index contributed by atoms with van der Waals surface area (Å²) >= 11 is 0. The number of unbranched alkanes of at least 4 members (excludes halogenated alkanes) is 2. The predicted octanol–water partition coefficient (Wildman–Crippen LogP) is 5.85. The Morgan fingerprint density at radius 2 is 0.941 bits per heavy atom. The lowest BCUT2D eigenvalue weighted by Crippen LogP contribution is -2.69. The molecule has 34 heavy (non-hydrogen) atoms. The molecule has 0 atom stereocenters. The molecule has 0 aromatic heterocycles. The molecule has 2 aromatic carbocycles. The van der Waals surface area contributed by atoms with E-state index in [2.05, 4.69) is 0 Å². The van der Waals surface area contributed by atoms with Gasteiger partial charge in [-0.05, 0) is 26.7 Å². The third kappa shape index (κ3) is 6.19. The number of carbonyl (C=O) groups is 2. The molecule has 0 heterocycles. The monoisotopic (exact) mass is 470 g/mol. The maximum atomic E-state index is 14.2. The first-order valence-electron chi connectivity index (χ1n) is 12.3. The minimum Gasteiger partial charge on any atom is -0.339 e. The quantitative estimate of drug-likeness (QED) is 0.164. The SMILES string of the molecule is CCCCOC(OCCCC)(C(=O)c1ccccc1)C(OCC)(OCC)C(=O)c1ccccc1. The highest BCUT2D eigenvalue weighted by Gasteiger charge is 2.66. The predicted molar refractivity (Wildman–Crippen MR) is 132 cm³/mol. The number of benzene rings is 2. The molecule has 0 saturated carbocycles.